The highest BCUT2D eigenvalue weighted by Crippen LogP contribution is 2.42. The van der Waals surface area contributed by atoms with E-state index < -0.39 is 6.17 Å². The highest BCUT2D eigenvalue weighted by molar-refractivity contribution is 4.93. The largest absolute Gasteiger partial charge is 0.371 e. The normalized spacial score (nSPS) is 31.4. The third-order valence-electron chi connectivity index (χ3n) is 6.58. The second-order valence-corrected chi connectivity index (χ2v) is 9.14. The van der Waals surface area contributed by atoms with Gasteiger partial charge in [0.1, 0.15) is 6.17 Å². The van der Waals surface area contributed by atoms with Gasteiger partial charge in [-0.2, -0.15) is 0 Å². The van der Waals surface area contributed by atoms with Crippen molar-refractivity contribution in [3.05, 3.63) is 0 Å². The molecule has 1 saturated heterocycles. The molecule has 0 bridgehead atoms. The fraction of sp³-hybridized carbons (Fsp3) is 1.00. The molecule has 25 heavy (non-hydrogen) atoms. The predicted molar refractivity (Wildman–Crippen MR) is 110 cm³/mol. The summed E-state index contributed by atoms with van der Waals surface area (Å²) in [5, 5.41) is 0. The summed E-state index contributed by atoms with van der Waals surface area (Å²) in [6, 6.07) is 0. The lowest BCUT2D eigenvalue weighted by atomic mass is 9.74. The Morgan fingerprint density at radius 3 is 1.72 bits per heavy atom. The lowest BCUT2D eigenvalue weighted by Gasteiger charge is -2.33. The SMILES string of the molecule is CC.CC(C)CCC(C)C(C)C(C)C1OC(C(F)C(C)C)C(C)C1C. The van der Waals surface area contributed by atoms with Crippen molar-refractivity contribution in [1.82, 2.24) is 0 Å². The van der Waals surface area contributed by atoms with Crippen LogP contribution in [0.15, 0.2) is 0 Å². The van der Waals surface area contributed by atoms with Crippen molar-refractivity contribution in [1.29, 1.82) is 0 Å². The lowest BCUT2D eigenvalue weighted by molar-refractivity contribution is -0.0586. The molecule has 1 nitrogen and oxygen atoms in total. The first-order chi connectivity index (χ1) is 11.6. The lowest BCUT2D eigenvalue weighted by Crippen LogP contribution is -2.33. The second kappa shape index (κ2) is 11.6. The molecule has 8 unspecified atom stereocenters. The van der Waals surface area contributed by atoms with Crippen LogP contribution in [0.25, 0.3) is 0 Å². The molecule has 1 fully saturated rings. The van der Waals surface area contributed by atoms with E-state index in [1.165, 1.54) is 12.8 Å². The minimum atomic E-state index is -0.849. The zero-order valence-corrected chi connectivity index (χ0v) is 19.0. The standard InChI is InChI=1S/C21H41FO.C2H6/c1-12(2)10-11-14(5)15(6)16(7)20-17(8)18(9)21(23-20)19(22)13(3)4;1-2/h12-21H,10-11H2,1-9H3;1-2H3. The van der Waals surface area contributed by atoms with Gasteiger partial charge in [-0.3, -0.25) is 0 Å². The Hall–Kier alpha value is -0.110. The molecule has 152 valence electrons. The molecule has 1 aliphatic heterocycles. The van der Waals surface area contributed by atoms with Gasteiger partial charge in [0.15, 0.2) is 0 Å². The first-order valence-corrected chi connectivity index (χ1v) is 10.9. The Morgan fingerprint density at radius 2 is 1.28 bits per heavy atom. The first kappa shape index (κ1) is 24.9. The average molecular weight is 359 g/mol. The molecule has 0 aliphatic carbocycles. The van der Waals surface area contributed by atoms with Crippen LogP contribution in [0.4, 0.5) is 4.39 Å². The summed E-state index contributed by atoms with van der Waals surface area (Å²) in [5.41, 5.74) is 0. The second-order valence-electron chi connectivity index (χ2n) is 9.14. The van der Waals surface area contributed by atoms with Crippen molar-refractivity contribution in [2.75, 3.05) is 0 Å². The highest BCUT2D eigenvalue weighted by Gasteiger charge is 2.46. The Labute approximate surface area is 158 Å². The molecular formula is C23H47FO. The quantitative estimate of drug-likeness (QED) is 0.439. The van der Waals surface area contributed by atoms with Crippen molar-refractivity contribution in [2.45, 2.75) is 107 Å². The maximum absolute atomic E-state index is 14.5. The van der Waals surface area contributed by atoms with Crippen molar-refractivity contribution in [3.8, 4) is 0 Å². The van der Waals surface area contributed by atoms with Crippen LogP contribution < -0.4 is 0 Å². The highest BCUT2D eigenvalue weighted by atomic mass is 19.1. The van der Waals surface area contributed by atoms with Gasteiger partial charge in [0.2, 0.25) is 0 Å². The topological polar surface area (TPSA) is 9.23 Å². The Morgan fingerprint density at radius 1 is 0.800 bits per heavy atom. The molecule has 0 amide bonds. The summed E-state index contributed by atoms with van der Waals surface area (Å²) in [5.74, 6) is 3.34. The molecule has 0 saturated carbocycles. The van der Waals surface area contributed by atoms with Gasteiger partial charge in [0.25, 0.3) is 0 Å². The van der Waals surface area contributed by atoms with Crippen molar-refractivity contribution < 1.29 is 9.13 Å². The molecule has 1 rings (SSSR count). The number of halogens is 1. The molecule has 8 atom stereocenters. The van der Waals surface area contributed by atoms with Gasteiger partial charge >= 0.3 is 0 Å². The number of alkyl halides is 1. The molecule has 0 aromatic carbocycles. The van der Waals surface area contributed by atoms with Gasteiger partial charge in [0.05, 0.1) is 12.2 Å². The van der Waals surface area contributed by atoms with Gasteiger partial charge in [-0.15, -0.1) is 0 Å². The third kappa shape index (κ3) is 6.85. The van der Waals surface area contributed by atoms with Crippen LogP contribution in [-0.2, 0) is 4.74 Å². The first-order valence-electron chi connectivity index (χ1n) is 10.9. The van der Waals surface area contributed by atoms with E-state index in [-0.39, 0.29) is 18.1 Å². The summed E-state index contributed by atoms with van der Waals surface area (Å²) in [7, 11) is 0. The van der Waals surface area contributed by atoms with E-state index in [1.54, 1.807) is 0 Å². The monoisotopic (exact) mass is 358 g/mol. The van der Waals surface area contributed by atoms with E-state index in [9.17, 15) is 4.39 Å². The van der Waals surface area contributed by atoms with Crippen molar-refractivity contribution >= 4 is 0 Å². The molecule has 0 aromatic heterocycles. The molecular weight excluding hydrogens is 311 g/mol. The van der Waals surface area contributed by atoms with Crippen LogP contribution in [0.5, 0.6) is 0 Å². The molecule has 0 radical (unpaired) electrons. The third-order valence-corrected chi connectivity index (χ3v) is 6.58. The average Bonchev–Trinajstić information content (AvgIpc) is 2.87. The van der Waals surface area contributed by atoms with Crippen LogP contribution >= 0.6 is 0 Å². The van der Waals surface area contributed by atoms with Crippen molar-refractivity contribution in [2.24, 2.45) is 41.4 Å². The van der Waals surface area contributed by atoms with E-state index >= 15 is 0 Å². The van der Waals surface area contributed by atoms with Crippen LogP contribution in [0.1, 0.15) is 89.0 Å². The maximum atomic E-state index is 14.5. The van der Waals surface area contributed by atoms with Crippen LogP contribution in [-0.4, -0.2) is 18.4 Å². The number of hydrogen-bond acceptors (Lipinski definition) is 1. The summed E-state index contributed by atoms with van der Waals surface area (Å²) in [6.07, 6.45) is 1.69. The predicted octanol–water partition coefficient (Wildman–Crippen LogP) is 7.39. The van der Waals surface area contributed by atoms with Crippen LogP contribution in [0, 0.1) is 41.4 Å². The fourth-order valence-electron chi connectivity index (χ4n) is 4.05. The van der Waals surface area contributed by atoms with Gasteiger partial charge < -0.3 is 4.74 Å². The maximum Gasteiger partial charge on any atom is 0.129 e. The van der Waals surface area contributed by atoms with Crippen LogP contribution in [0.2, 0.25) is 0 Å². The summed E-state index contributed by atoms with van der Waals surface area (Å²) >= 11 is 0. The zero-order chi connectivity index (χ0) is 19.9. The minimum absolute atomic E-state index is 0.0334. The smallest absolute Gasteiger partial charge is 0.129 e. The van der Waals surface area contributed by atoms with Gasteiger partial charge in [-0.1, -0.05) is 89.0 Å². The molecule has 1 aliphatic rings. The summed E-state index contributed by atoms with van der Waals surface area (Å²) in [4.78, 5) is 0. The molecule has 0 aromatic rings. The van der Waals surface area contributed by atoms with Crippen LogP contribution in [0.3, 0.4) is 0 Å². The molecule has 2 heteroatoms. The van der Waals surface area contributed by atoms with Gasteiger partial charge in [0, 0.05) is 0 Å². The van der Waals surface area contributed by atoms with Crippen molar-refractivity contribution in [3.63, 3.8) is 0 Å². The van der Waals surface area contributed by atoms with E-state index in [0.29, 0.717) is 29.6 Å². The minimum Gasteiger partial charge on any atom is -0.371 e. The van der Waals surface area contributed by atoms with E-state index in [2.05, 4.69) is 48.5 Å². The van der Waals surface area contributed by atoms with E-state index in [4.69, 9.17) is 4.74 Å². The Kier molecular flexibility index (Phi) is 11.5. The number of ether oxygens (including phenoxy) is 1. The number of rotatable bonds is 8. The van der Waals surface area contributed by atoms with E-state index in [0.717, 1.165) is 5.92 Å². The Bertz CT molecular complexity index is 341. The van der Waals surface area contributed by atoms with E-state index in [1.807, 2.05) is 27.7 Å². The van der Waals surface area contributed by atoms with Gasteiger partial charge in [-0.25, -0.2) is 4.39 Å². The number of hydrogen-bond donors (Lipinski definition) is 0. The molecule has 0 N–H and O–H groups in total. The summed E-state index contributed by atoms with van der Waals surface area (Å²) < 4.78 is 20.8. The summed E-state index contributed by atoms with van der Waals surface area (Å²) in [6.45, 7) is 24.0. The molecule has 0 spiro atoms. The fourth-order valence-corrected chi connectivity index (χ4v) is 4.05. The Balaban J connectivity index is 0.00000277. The zero-order valence-electron chi connectivity index (χ0n) is 19.0. The van der Waals surface area contributed by atoms with Gasteiger partial charge in [-0.05, 0) is 41.4 Å². The molecule has 1 heterocycles.